The zero-order valence-electron chi connectivity index (χ0n) is 10.1. The molecule has 0 bridgehead atoms. The van der Waals surface area contributed by atoms with Gasteiger partial charge in [0.25, 0.3) is 0 Å². The van der Waals surface area contributed by atoms with Crippen molar-refractivity contribution in [1.82, 2.24) is 0 Å². The molecule has 0 rings (SSSR count). The first-order chi connectivity index (χ1) is 7.42. The Kier molecular flexibility index (Phi) is 6.37. The van der Waals surface area contributed by atoms with Crippen molar-refractivity contribution in [2.45, 2.75) is 52.7 Å². The lowest BCUT2D eigenvalue weighted by molar-refractivity contribution is -0.171. The van der Waals surface area contributed by atoms with Crippen LogP contribution < -0.4 is 0 Å². The highest BCUT2D eigenvalue weighted by atomic mass is 16.6. The Bertz CT molecular complexity index is 272. The lowest BCUT2D eigenvalue weighted by Crippen LogP contribution is -2.31. The second kappa shape index (κ2) is 6.98. The molecule has 0 aromatic carbocycles. The number of hydrogen-bond acceptors (Lipinski definition) is 5. The van der Waals surface area contributed by atoms with Gasteiger partial charge in [-0.15, -0.1) is 0 Å². The maximum Gasteiger partial charge on any atom is 0.347 e. The molecular weight excluding hydrogens is 212 g/mol. The largest absolute Gasteiger partial charge is 0.452 e. The highest BCUT2D eigenvalue weighted by Gasteiger charge is 2.23. The molecule has 0 aliphatic heterocycles. The Hall–Kier alpha value is -1.39. The molecule has 0 radical (unpaired) electrons. The van der Waals surface area contributed by atoms with Crippen molar-refractivity contribution in [3.63, 3.8) is 0 Å². The van der Waals surface area contributed by atoms with Crippen LogP contribution in [0.25, 0.3) is 0 Å². The van der Waals surface area contributed by atoms with Crippen molar-refractivity contribution in [3.8, 4) is 0 Å². The molecule has 2 atom stereocenters. The van der Waals surface area contributed by atoms with Crippen molar-refractivity contribution in [1.29, 1.82) is 0 Å². The highest BCUT2D eigenvalue weighted by molar-refractivity contribution is 5.86. The van der Waals surface area contributed by atoms with Crippen LogP contribution in [0.5, 0.6) is 0 Å². The molecule has 0 heterocycles. The monoisotopic (exact) mass is 230 g/mol. The quantitative estimate of drug-likeness (QED) is 0.642. The minimum Gasteiger partial charge on any atom is -0.452 e. The van der Waals surface area contributed by atoms with Gasteiger partial charge >= 0.3 is 11.9 Å². The van der Waals surface area contributed by atoms with E-state index in [2.05, 4.69) is 0 Å². The van der Waals surface area contributed by atoms with Gasteiger partial charge in [-0.1, -0.05) is 13.8 Å². The van der Waals surface area contributed by atoms with Gasteiger partial charge in [-0.05, 0) is 13.8 Å². The number of esters is 2. The summed E-state index contributed by atoms with van der Waals surface area (Å²) in [7, 11) is 0. The molecule has 0 amide bonds. The number of carbonyl (C=O) groups is 3. The molecule has 0 aromatic heterocycles. The van der Waals surface area contributed by atoms with Gasteiger partial charge in [0.2, 0.25) is 0 Å². The summed E-state index contributed by atoms with van der Waals surface area (Å²) in [6.07, 6.45) is -1.27. The predicted octanol–water partition coefficient (Wildman–Crippen LogP) is 1.24. The molecule has 5 heteroatoms. The number of carbonyl (C=O) groups excluding carboxylic acids is 3. The minimum atomic E-state index is -0.973. The summed E-state index contributed by atoms with van der Waals surface area (Å²) >= 11 is 0. The zero-order valence-corrected chi connectivity index (χ0v) is 10.1. The Morgan fingerprint density at radius 2 is 1.50 bits per heavy atom. The smallest absolute Gasteiger partial charge is 0.347 e. The topological polar surface area (TPSA) is 69.7 Å². The van der Waals surface area contributed by atoms with E-state index in [0.29, 0.717) is 6.42 Å². The molecule has 0 aromatic rings. The van der Waals surface area contributed by atoms with E-state index in [-0.39, 0.29) is 12.2 Å². The van der Waals surface area contributed by atoms with E-state index in [0.717, 1.165) is 0 Å². The summed E-state index contributed by atoms with van der Waals surface area (Å²) in [6, 6.07) is 0. The van der Waals surface area contributed by atoms with Crippen LogP contribution in [0.15, 0.2) is 0 Å². The normalized spacial score (nSPS) is 13.8. The molecular formula is C11H18O5. The second-order valence-corrected chi connectivity index (χ2v) is 3.38. The first-order valence-electron chi connectivity index (χ1n) is 5.35. The molecule has 0 saturated heterocycles. The minimum absolute atomic E-state index is 0.164. The first kappa shape index (κ1) is 14.6. The van der Waals surface area contributed by atoms with Gasteiger partial charge in [-0.2, -0.15) is 0 Å². The summed E-state index contributed by atoms with van der Waals surface area (Å²) in [5.74, 6) is -1.34. The van der Waals surface area contributed by atoms with Gasteiger partial charge in [0.05, 0.1) is 0 Å². The third kappa shape index (κ3) is 4.91. The molecule has 0 N–H and O–H groups in total. The molecule has 0 saturated carbocycles. The fourth-order valence-corrected chi connectivity index (χ4v) is 0.952. The van der Waals surface area contributed by atoms with Gasteiger partial charge in [0.1, 0.15) is 0 Å². The Morgan fingerprint density at radius 3 is 1.94 bits per heavy atom. The maximum atomic E-state index is 11.4. The van der Waals surface area contributed by atoms with E-state index in [4.69, 9.17) is 9.47 Å². The Balaban J connectivity index is 4.15. The first-order valence-corrected chi connectivity index (χ1v) is 5.35. The van der Waals surface area contributed by atoms with Crippen LogP contribution in [-0.4, -0.2) is 29.9 Å². The van der Waals surface area contributed by atoms with E-state index in [1.807, 2.05) is 0 Å². The van der Waals surface area contributed by atoms with Crippen LogP contribution in [0.1, 0.15) is 40.5 Å². The zero-order chi connectivity index (χ0) is 12.7. The summed E-state index contributed by atoms with van der Waals surface area (Å²) in [5, 5.41) is 0. The van der Waals surface area contributed by atoms with Crippen molar-refractivity contribution in [3.05, 3.63) is 0 Å². The van der Waals surface area contributed by atoms with Crippen LogP contribution in [0, 0.1) is 0 Å². The Morgan fingerprint density at radius 1 is 0.938 bits per heavy atom. The van der Waals surface area contributed by atoms with Crippen molar-refractivity contribution >= 4 is 17.7 Å². The standard InChI is InChI=1S/C11H18O5/c1-5-9(12)7(3)16-11(14)8(4)15-10(13)6-2/h7-8H,5-6H2,1-4H3. The number of hydrogen-bond donors (Lipinski definition) is 0. The van der Waals surface area contributed by atoms with Crippen molar-refractivity contribution < 1.29 is 23.9 Å². The summed E-state index contributed by atoms with van der Waals surface area (Å²) in [6.45, 7) is 6.23. The lowest BCUT2D eigenvalue weighted by atomic mass is 10.2. The molecule has 92 valence electrons. The van der Waals surface area contributed by atoms with Gasteiger partial charge in [-0.3, -0.25) is 9.59 Å². The number of Topliss-reactive ketones (excluding diaryl/α,β-unsaturated/α-hetero) is 1. The predicted molar refractivity (Wildman–Crippen MR) is 56.7 cm³/mol. The average Bonchev–Trinajstić information content (AvgIpc) is 2.27. The van der Waals surface area contributed by atoms with Crippen LogP contribution in [0.2, 0.25) is 0 Å². The van der Waals surface area contributed by atoms with Gasteiger partial charge in [-0.25, -0.2) is 4.79 Å². The van der Waals surface area contributed by atoms with Crippen LogP contribution in [-0.2, 0) is 23.9 Å². The second-order valence-electron chi connectivity index (χ2n) is 3.38. The molecule has 5 nitrogen and oxygen atoms in total. The lowest BCUT2D eigenvalue weighted by Gasteiger charge is -2.15. The summed E-state index contributed by atoms with van der Waals surface area (Å²) in [4.78, 5) is 33.4. The Labute approximate surface area is 95.1 Å². The van der Waals surface area contributed by atoms with Gasteiger partial charge in [0, 0.05) is 12.8 Å². The van der Waals surface area contributed by atoms with Crippen LogP contribution >= 0.6 is 0 Å². The van der Waals surface area contributed by atoms with Crippen LogP contribution in [0.4, 0.5) is 0 Å². The van der Waals surface area contributed by atoms with Crippen molar-refractivity contribution in [2.24, 2.45) is 0 Å². The van der Waals surface area contributed by atoms with E-state index < -0.39 is 24.1 Å². The summed E-state index contributed by atoms with van der Waals surface area (Å²) in [5.41, 5.74) is 0. The fourth-order valence-electron chi connectivity index (χ4n) is 0.952. The molecule has 2 unspecified atom stereocenters. The number of ether oxygens (including phenoxy) is 2. The van der Waals surface area contributed by atoms with E-state index in [9.17, 15) is 14.4 Å². The average molecular weight is 230 g/mol. The molecule has 0 aliphatic rings. The van der Waals surface area contributed by atoms with Crippen molar-refractivity contribution in [2.75, 3.05) is 0 Å². The number of ketones is 1. The third-order valence-corrected chi connectivity index (χ3v) is 2.02. The highest BCUT2D eigenvalue weighted by Crippen LogP contribution is 2.03. The summed E-state index contributed by atoms with van der Waals surface area (Å²) < 4.78 is 9.60. The van der Waals surface area contributed by atoms with Gasteiger partial charge < -0.3 is 9.47 Å². The van der Waals surface area contributed by atoms with Crippen LogP contribution in [0.3, 0.4) is 0 Å². The van der Waals surface area contributed by atoms with E-state index >= 15 is 0 Å². The molecule has 16 heavy (non-hydrogen) atoms. The number of rotatable bonds is 6. The SMILES string of the molecule is CCC(=O)OC(C)C(=O)OC(C)C(=O)CC. The molecule has 0 spiro atoms. The maximum absolute atomic E-state index is 11.4. The molecule has 0 aliphatic carbocycles. The van der Waals surface area contributed by atoms with Gasteiger partial charge in [0.15, 0.2) is 18.0 Å². The molecule has 0 fully saturated rings. The third-order valence-electron chi connectivity index (χ3n) is 2.02. The van der Waals surface area contributed by atoms with E-state index in [1.54, 1.807) is 13.8 Å². The van der Waals surface area contributed by atoms with E-state index in [1.165, 1.54) is 13.8 Å². The fraction of sp³-hybridized carbons (Fsp3) is 0.727.